The largest absolute Gasteiger partial charge is 0.376 e. The van der Waals surface area contributed by atoms with Gasteiger partial charge in [0.1, 0.15) is 12.1 Å². The highest BCUT2D eigenvalue weighted by molar-refractivity contribution is 5.50. The van der Waals surface area contributed by atoms with Crippen molar-refractivity contribution in [3.8, 4) is 0 Å². The summed E-state index contributed by atoms with van der Waals surface area (Å²) in [5.74, 6) is 1.03. The minimum atomic E-state index is 0.273. The maximum absolute atomic E-state index is 5.92. The van der Waals surface area contributed by atoms with E-state index in [1.54, 1.807) is 6.33 Å². The molecule has 2 N–H and O–H groups in total. The molecule has 0 saturated carbocycles. The van der Waals surface area contributed by atoms with Crippen LogP contribution < -0.4 is 10.6 Å². The lowest BCUT2D eigenvalue weighted by atomic mass is 10.1. The first kappa shape index (κ1) is 9.99. The van der Waals surface area contributed by atoms with Crippen LogP contribution in [0.25, 0.3) is 0 Å². The zero-order valence-corrected chi connectivity index (χ0v) is 9.22. The summed E-state index contributed by atoms with van der Waals surface area (Å²) in [5.41, 5.74) is 8.21. The summed E-state index contributed by atoms with van der Waals surface area (Å²) in [6.07, 6.45) is 3.59. The van der Waals surface area contributed by atoms with E-state index < -0.39 is 0 Å². The zero-order chi connectivity index (χ0) is 11.0. The van der Waals surface area contributed by atoms with Gasteiger partial charge in [-0.2, -0.15) is 0 Å². The third-order valence-corrected chi connectivity index (χ3v) is 3.27. The van der Waals surface area contributed by atoms with Gasteiger partial charge in [0.2, 0.25) is 0 Å². The van der Waals surface area contributed by atoms with Gasteiger partial charge in [-0.25, -0.2) is 9.97 Å². The molecule has 3 rings (SSSR count). The van der Waals surface area contributed by atoms with E-state index >= 15 is 0 Å². The third kappa shape index (κ3) is 1.66. The van der Waals surface area contributed by atoms with E-state index in [0.29, 0.717) is 6.61 Å². The van der Waals surface area contributed by atoms with Crippen LogP contribution in [0.1, 0.15) is 17.7 Å². The molecule has 5 heteroatoms. The van der Waals surface area contributed by atoms with E-state index in [-0.39, 0.29) is 6.04 Å². The van der Waals surface area contributed by atoms with Crippen LogP contribution in [-0.2, 0) is 17.8 Å². The van der Waals surface area contributed by atoms with Gasteiger partial charge in [0.05, 0.1) is 18.9 Å². The molecule has 1 fully saturated rings. The average Bonchev–Trinajstić information content (AvgIpc) is 2.75. The zero-order valence-electron chi connectivity index (χ0n) is 9.22. The summed E-state index contributed by atoms with van der Waals surface area (Å²) < 4.78 is 5.49. The molecule has 1 aromatic heterocycles. The Balaban J connectivity index is 1.94. The monoisotopic (exact) mass is 220 g/mol. The molecule has 2 aliphatic rings. The van der Waals surface area contributed by atoms with Crippen LogP contribution in [0.15, 0.2) is 6.33 Å². The lowest BCUT2D eigenvalue weighted by molar-refractivity contribution is 0.109. The van der Waals surface area contributed by atoms with E-state index in [2.05, 4.69) is 14.9 Å². The molecule has 0 bridgehead atoms. The van der Waals surface area contributed by atoms with Crippen LogP contribution in [0.3, 0.4) is 0 Å². The number of hydrogen-bond acceptors (Lipinski definition) is 5. The predicted molar refractivity (Wildman–Crippen MR) is 60.2 cm³/mol. The summed E-state index contributed by atoms with van der Waals surface area (Å²) in [4.78, 5) is 11.0. The van der Waals surface area contributed by atoms with Gasteiger partial charge >= 0.3 is 0 Å². The van der Waals surface area contributed by atoms with Crippen LogP contribution in [0.4, 0.5) is 5.82 Å². The molecule has 5 nitrogen and oxygen atoms in total. The number of ether oxygens (including phenoxy) is 1. The van der Waals surface area contributed by atoms with Crippen molar-refractivity contribution in [2.24, 2.45) is 5.73 Å². The second kappa shape index (κ2) is 3.99. The molecule has 0 aromatic carbocycles. The lowest BCUT2D eigenvalue weighted by Crippen LogP contribution is -2.29. The molecule has 0 spiro atoms. The second-order valence-corrected chi connectivity index (χ2v) is 4.42. The fourth-order valence-electron chi connectivity index (χ4n) is 2.40. The quantitative estimate of drug-likeness (QED) is 0.726. The number of fused-ring (bicyclic) bond motifs is 1. The fourth-order valence-corrected chi connectivity index (χ4v) is 2.40. The number of aromatic nitrogens is 2. The van der Waals surface area contributed by atoms with Gasteiger partial charge in [-0.1, -0.05) is 0 Å². The van der Waals surface area contributed by atoms with Crippen LogP contribution in [0, 0.1) is 0 Å². The number of anilines is 1. The van der Waals surface area contributed by atoms with Crippen molar-refractivity contribution in [3.63, 3.8) is 0 Å². The summed E-state index contributed by atoms with van der Waals surface area (Å²) in [5, 5.41) is 0. The Labute approximate surface area is 94.6 Å². The van der Waals surface area contributed by atoms with Crippen molar-refractivity contribution in [2.45, 2.75) is 25.5 Å². The Bertz CT molecular complexity index is 396. The predicted octanol–water partition coefficient (Wildman–Crippen LogP) is 0.0867. The fraction of sp³-hybridized carbons (Fsp3) is 0.636. The van der Waals surface area contributed by atoms with E-state index in [1.807, 2.05) is 0 Å². The van der Waals surface area contributed by atoms with Crippen molar-refractivity contribution in [3.05, 3.63) is 17.6 Å². The van der Waals surface area contributed by atoms with Crippen LogP contribution in [0.2, 0.25) is 0 Å². The normalized spacial score (nSPS) is 24.6. The van der Waals surface area contributed by atoms with Gasteiger partial charge in [0.25, 0.3) is 0 Å². The number of nitrogens with two attached hydrogens (primary N) is 1. The topological polar surface area (TPSA) is 64.3 Å². The molecule has 0 amide bonds. The summed E-state index contributed by atoms with van der Waals surface area (Å²) in [6.45, 7) is 3.29. The molecule has 0 radical (unpaired) electrons. The molecule has 86 valence electrons. The minimum Gasteiger partial charge on any atom is -0.376 e. The smallest absolute Gasteiger partial charge is 0.137 e. The lowest BCUT2D eigenvalue weighted by Gasteiger charge is -2.24. The van der Waals surface area contributed by atoms with E-state index in [1.165, 1.54) is 0 Å². The average molecular weight is 220 g/mol. The molecule has 3 heterocycles. The van der Waals surface area contributed by atoms with Crippen LogP contribution in [-0.4, -0.2) is 35.7 Å². The number of rotatable bonds is 1. The summed E-state index contributed by atoms with van der Waals surface area (Å²) in [6, 6.07) is 0.273. The van der Waals surface area contributed by atoms with Gasteiger partial charge < -0.3 is 15.4 Å². The highest BCUT2D eigenvalue weighted by atomic mass is 16.5. The summed E-state index contributed by atoms with van der Waals surface area (Å²) >= 11 is 0. The van der Waals surface area contributed by atoms with Gasteiger partial charge in [-0.3, -0.25) is 0 Å². The molecular weight excluding hydrogens is 204 g/mol. The van der Waals surface area contributed by atoms with E-state index in [4.69, 9.17) is 10.5 Å². The van der Waals surface area contributed by atoms with Gasteiger partial charge in [0.15, 0.2) is 0 Å². The van der Waals surface area contributed by atoms with Gasteiger partial charge in [0, 0.05) is 31.1 Å². The van der Waals surface area contributed by atoms with Crippen molar-refractivity contribution in [1.82, 2.24) is 9.97 Å². The Hall–Kier alpha value is -1.20. The Kier molecular flexibility index (Phi) is 2.49. The molecular formula is C11H16N4O. The maximum Gasteiger partial charge on any atom is 0.137 e. The number of hydrogen-bond donors (Lipinski definition) is 1. The van der Waals surface area contributed by atoms with Crippen molar-refractivity contribution in [2.75, 3.05) is 24.6 Å². The molecule has 1 atom stereocenters. The molecule has 1 saturated heterocycles. The van der Waals surface area contributed by atoms with Crippen molar-refractivity contribution in [1.29, 1.82) is 0 Å². The maximum atomic E-state index is 5.92. The first-order valence-electron chi connectivity index (χ1n) is 5.75. The van der Waals surface area contributed by atoms with Crippen molar-refractivity contribution >= 4 is 5.82 Å². The first-order valence-corrected chi connectivity index (χ1v) is 5.75. The Morgan fingerprint density at radius 2 is 2.38 bits per heavy atom. The molecule has 2 aliphatic heterocycles. The summed E-state index contributed by atoms with van der Waals surface area (Å²) in [7, 11) is 0. The molecule has 16 heavy (non-hydrogen) atoms. The Morgan fingerprint density at radius 3 is 3.19 bits per heavy atom. The van der Waals surface area contributed by atoms with Gasteiger partial charge in [-0.15, -0.1) is 0 Å². The highest BCUT2D eigenvalue weighted by Gasteiger charge is 2.25. The third-order valence-electron chi connectivity index (χ3n) is 3.27. The van der Waals surface area contributed by atoms with Gasteiger partial charge in [-0.05, 0) is 6.42 Å². The van der Waals surface area contributed by atoms with E-state index in [9.17, 15) is 0 Å². The minimum absolute atomic E-state index is 0.273. The van der Waals surface area contributed by atoms with Crippen LogP contribution in [0.5, 0.6) is 0 Å². The molecule has 0 unspecified atom stereocenters. The SMILES string of the molecule is N[C@@H]1CCN(c2ncnc3c2COCC3)C1. The second-order valence-electron chi connectivity index (χ2n) is 4.42. The van der Waals surface area contributed by atoms with Crippen molar-refractivity contribution < 1.29 is 4.74 Å². The van der Waals surface area contributed by atoms with Crippen LogP contribution >= 0.6 is 0 Å². The molecule has 1 aromatic rings. The van der Waals surface area contributed by atoms with E-state index in [0.717, 1.165) is 49.6 Å². The highest BCUT2D eigenvalue weighted by Crippen LogP contribution is 2.26. The standard InChI is InChI=1S/C11H16N4O/c12-8-1-3-15(5-8)11-9-6-16-4-2-10(9)13-7-14-11/h7-8H,1-6,12H2/t8-/m1/s1. The first-order chi connectivity index (χ1) is 7.84. The molecule has 0 aliphatic carbocycles. The number of nitrogens with zero attached hydrogens (tertiary/aromatic N) is 3. The Morgan fingerprint density at radius 1 is 1.44 bits per heavy atom.